The molecule has 0 bridgehead atoms. The molecule has 3 rings (SSSR count). The summed E-state index contributed by atoms with van der Waals surface area (Å²) in [5, 5.41) is 0. The molecule has 0 spiro atoms. The van der Waals surface area contributed by atoms with Gasteiger partial charge >= 0.3 is 0 Å². The highest BCUT2D eigenvalue weighted by molar-refractivity contribution is 5.83. The maximum Gasteiger partial charge on any atom is 0.161 e. The zero-order valence-corrected chi connectivity index (χ0v) is 14.2. The van der Waals surface area contributed by atoms with Crippen molar-refractivity contribution in [1.82, 2.24) is 4.90 Å². The lowest BCUT2D eigenvalue weighted by Crippen LogP contribution is -2.46. The molecule has 2 heterocycles. The van der Waals surface area contributed by atoms with Gasteiger partial charge in [-0.3, -0.25) is 9.69 Å². The minimum atomic E-state index is -2.12. The summed E-state index contributed by atoms with van der Waals surface area (Å²) in [6, 6.07) is -0.741. The Morgan fingerprint density at radius 1 is 1.35 bits per heavy atom. The zero-order chi connectivity index (χ0) is 20.1. The molecule has 2 atom stereocenters. The van der Waals surface area contributed by atoms with E-state index in [0.717, 1.165) is 0 Å². The first kappa shape index (κ1) is 11.9. The number of hydrogen-bond acceptors (Lipinski definition) is 4. The van der Waals surface area contributed by atoms with E-state index >= 15 is 0 Å². The molecule has 1 fully saturated rings. The molecule has 4 nitrogen and oxygen atoms in total. The normalized spacial score (nSPS) is 29.0. The van der Waals surface area contributed by atoms with E-state index in [9.17, 15) is 4.79 Å². The van der Waals surface area contributed by atoms with Gasteiger partial charge in [-0.2, -0.15) is 0 Å². The number of methoxy groups -OCH3 is 2. The zero-order valence-electron chi connectivity index (χ0n) is 18.2. The Kier molecular flexibility index (Phi) is 3.37. The molecule has 2 aliphatic rings. The quantitative estimate of drug-likeness (QED) is 0.853. The van der Waals surface area contributed by atoms with E-state index in [0.29, 0.717) is 43.0 Å². The highest BCUT2D eigenvalue weighted by Crippen LogP contribution is 2.42. The number of ether oxygens (including phenoxy) is 2. The minimum Gasteiger partial charge on any atom is -0.493 e. The van der Waals surface area contributed by atoms with Crippen molar-refractivity contribution < 1.29 is 19.8 Å². The Morgan fingerprint density at radius 3 is 2.70 bits per heavy atom. The van der Waals surface area contributed by atoms with Crippen LogP contribution in [0.5, 0.6) is 11.5 Å². The summed E-state index contributed by atoms with van der Waals surface area (Å²) in [6.07, 6.45) is -0.942. The SMILES string of the molecule is [2H]c1c2c(c([2H])c(OC)c1OC)C1N(CC2)CC(CC(C)C)C(=O)C1([2H])[2H]. The van der Waals surface area contributed by atoms with Crippen LogP contribution in [-0.2, 0) is 11.2 Å². The van der Waals surface area contributed by atoms with Crippen LogP contribution in [0.15, 0.2) is 12.1 Å². The third-order valence-electron chi connectivity index (χ3n) is 4.60. The molecule has 126 valence electrons. The Balaban J connectivity index is 2.16. The van der Waals surface area contributed by atoms with Crippen molar-refractivity contribution >= 4 is 5.78 Å². The van der Waals surface area contributed by atoms with E-state index in [1.807, 2.05) is 18.7 Å². The first-order valence-electron chi connectivity index (χ1n) is 10.2. The second kappa shape index (κ2) is 6.52. The first-order chi connectivity index (χ1) is 12.6. The third-order valence-corrected chi connectivity index (χ3v) is 4.60. The van der Waals surface area contributed by atoms with Crippen molar-refractivity contribution in [3.05, 3.63) is 23.2 Å². The first-order valence-corrected chi connectivity index (χ1v) is 8.17. The van der Waals surface area contributed by atoms with Crippen molar-refractivity contribution in [3.8, 4) is 11.5 Å². The summed E-state index contributed by atoms with van der Waals surface area (Å²) in [5.74, 6) is -0.126. The molecular weight excluding hydrogens is 290 g/mol. The number of hydrogen-bond donors (Lipinski definition) is 0. The lowest BCUT2D eigenvalue weighted by Gasteiger charge is -2.43. The van der Waals surface area contributed by atoms with Gasteiger partial charge in [-0.05, 0) is 42.0 Å². The van der Waals surface area contributed by atoms with Crippen LogP contribution >= 0.6 is 0 Å². The van der Waals surface area contributed by atoms with E-state index < -0.39 is 18.2 Å². The monoisotopic (exact) mass is 321 g/mol. The Hall–Kier alpha value is -1.55. The van der Waals surface area contributed by atoms with E-state index in [1.165, 1.54) is 14.2 Å². The van der Waals surface area contributed by atoms with Crippen molar-refractivity contribution in [3.63, 3.8) is 0 Å². The molecule has 2 aliphatic heterocycles. The standard InChI is InChI=1S/C19H27NO3/c1-12(2)7-14-11-20-6-5-13-8-18(22-3)19(23-4)9-15(13)16(20)10-17(14)21/h8-9,12,14,16H,5-7,10-11H2,1-4H3/i8D,9D,10D2. The second-order valence-electron chi connectivity index (χ2n) is 6.69. The molecule has 4 heteroatoms. The number of rotatable bonds is 4. The second-order valence-corrected chi connectivity index (χ2v) is 6.69. The number of fused-ring (bicyclic) bond motifs is 3. The van der Waals surface area contributed by atoms with Crippen molar-refractivity contribution in [2.75, 3.05) is 27.3 Å². The predicted molar refractivity (Wildman–Crippen MR) is 90.1 cm³/mol. The predicted octanol–water partition coefficient (Wildman–Crippen LogP) is 3.24. The maximum atomic E-state index is 13.0. The van der Waals surface area contributed by atoms with Crippen LogP contribution in [0.4, 0.5) is 0 Å². The molecule has 23 heavy (non-hydrogen) atoms. The molecule has 0 aromatic heterocycles. The topological polar surface area (TPSA) is 38.8 Å². The van der Waals surface area contributed by atoms with E-state index in [2.05, 4.69) is 0 Å². The largest absolute Gasteiger partial charge is 0.493 e. The molecule has 0 radical (unpaired) electrons. The summed E-state index contributed by atoms with van der Waals surface area (Å²) in [6.45, 7) is 5.11. The van der Waals surface area contributed by atoms with Crippen LogP contribution in [0.25, 0.3) is 0 Å². The van der Waals surface area contributed by atoms with Crippen LogP contribution in [0, 0.1) is 11.8 Å². The van der Waals surface area contributed by atoms with Crippen molar-refractivity contribution in [2.45, 2.75) is 39.1 Å². The van der Waals surface area contributed by atoms with E-state index in [-0.39, 0.29) is 29.5 Å². The van der Waals surface area contributed by atoms with Gasteiger partial charge in [0, 0.05) is 34.2 Å². The van der Waals surface area contributed by atoms with Gasteiger partial charge in [-0.15, -0.1) is 0 Å². The number of carbonyl (C=O) groups excluding carboxylic acids is 1. The number of nitrogens with zero attached hydrogens (tertiary/aromatic N) is 1. The summed E-state index contributed by atoms with van der Waals surface area (Å²) in [7, 11) is 2.83. The Labute approximate surface area is 144 Å². The van der Waals surface area contributed by atoms with Crippen molar-refractivity contribution in [2.24, 2.45) is 11.8 Å². The molecular formula is C19H27NO3. The minimum absolute atomic E-state index is 0.00837. The van der Waals surface area contributed by atoms with Crippen molar-refractivity contribution in [1.29, 1.82) is 0 Å². The van der Waals surface area contributed by atoms with E-state index in [1.54, 1.807) is 0 Å². The molecule has 0 aliphatic carbocycles. The van der Waals surface area contributed by atoms with Crippen LogP contribution in [0.1, 0.15) is 49.3 Å². The van der Waals surface area contributed by atoms with Gasteiger partial charge in [0.05, 0.1) is 17.0 Å². The molecule has 2 unspecified atom stereocenters. The number of benzene rings is 1. The summed E-state index contributed by atoms with van der Waals surface area (Å²) < 4.78 is 44.9. The lowest BCUT2D eigenvalue weighted by atomic mass is 9.80. The highest BCUT2D eigenvalue weighted by Gasteiger charge is 2.38. The maximum absolute atomic E-state index is 13.0. The Bertz CT molecular complexity index is 766. The van der Waals surface area contributed by atoms with Gasteiger partial charge in [0.15, 0.2) is 11.5 Å². The van der Waals surface area contributed by atoms with Crippen LogP contribution in [0.3, 0.4) is 0 Å². The molecule has 0 saturated carbocycles. The summed E-state index contributed by atoms with van der Waals surface area (Å²) in [5.41, 5.74) is 0.975. The molecule has 0 N–H and O–H groups in total. The number of ketones is 1. The average Bonchev–Trinajstić information content (AvgIpc) is 2.61. The highest BCUT2D eigenvalue weighted by atomic mass is 16.5. The van der Waals surface area contributed by atoms with Gasteiger partial charge in [0.2, 0.25) is 0 Å². The average molecular weight is 321 g/mol. The molecule has 1 saturated heterocycles. The lowest BCUT2D eigenvalue weighted by molar-refractivity contribution is -0.129. The molecule has 1 aromatic carbocycles. The smallest absolute Gasteiger partial charge is 0.161 e. The van der Waals surface area contributed by atoms with Crippen LogP contribution in [0.2, 0.25) is 0 Å². The number of Topliss-reactive ketones (excluding diaryl/α,β-unsaturated/α-hetero) is 1. The fourth-order valence-electron chi connectivity index (χ4n) is 3.53. The van der Waals surface area contributed by atoms with Crippen LogP contribution < -0.4 is 9.47 Å². The number of carbonyl (C=O) groups is 1. The summed E-state index contributed by atoms with van der Waals surface area (Å²) in [4.78, 5) is 14.9. The fraction of sp³-hybridized carbons (Fsp3) is 0.632. The van der Waals surface area contributed by atoms with E-state index in [4.69, 9.17) is 15.0 Å². The Morgan fingerprint density at radius 2 is 2.04 bits per heavy atom. The van der Waals surface area contributed by atoms with Gasteiger partial charge < -0.3 is 9.47 Å². The summed E-state index contributed by atoms with van der Waals surface area (Å²) >= 11 is 0. The van der Waals surface area contributed by atoms with Gasteiger partial charge in [0.25, 0.3) is 0 Å². The van der Waals surface area contributed by atoms with Gasteiger partial charge in [0.1, 0.15) is 5.78 Å². The number of piperidine rings is 1. The molecule has 1 aromatic rings. The van der Waals surface area contributed by atoms with Gasteiger partial charge in [-0.1, -0.05) is 13.8 Å². The van der Waals surface area contributed by atoms with Crippen LogP contribution in [-0.4, -0.2) is 38.0 Å². The third kappa shape index (κ3) is 3.09. The molecule has 0 amide bonds. The van der Waals surface area contributed by atoms with Gasteiger partial charge in [-0.25, -0.2) is 0 Å². The fourth-order valence-corrected chi connectivity index (χ4v) is 3.53.